The lowest BCUT2D eigenvalue weighted by atomic mass is 10.4. The molecule has 0 spiro atoms. The number of imidazole rings is 1. The Kier molecular flexibility index (Phi) is 2.93. The zero-order chi connectivity index (χ0) is 13.6. The number of carbonyl (C=O) groups excluding carboxylic acids is 1. The van der Waals surface area contributed by atoms with Crippen molar-refractivity contribution in [1.29, 1.82) is 0 Å². The normalized spacial score (nSPS) is 15.1. The summed E-state index contributed by atoms with van der Waals surface area (Å²) in [7, 11) is 1.89. The van der Waals surface area contributed by atoms with Crippen molar-refractivity contribution in [2.24, 2.45) is 7.05 Å². The van der Waals surface area contributed by atoms with Crippen LogP contribution in [0.15, 0.2) is 0 Å². The molecule has 1 amide bonds. The fraction of sp³-hybridized carbons (Fsp3) is 0.583. The van der Waals surface area contributed by atoms with E-state index in [2.05, 4.69) is 15.4 Å². The SMILES string of the molecule is Cc1nn(C)c2c1[nH]c(=S)n2CCC(=O)NC1CC1. The van der Waals surface area contributed by atoms with E-state index in [1.165, 1.54) is 0 Å². The van der Waals surface area contributed by atoms with Crippen molar-refractivity contribution in [1.82, 2.24) is 24.6 Å². The van der Waals surface area contributed by atoms with Gasteiger partial charge in [-0.15, -0.1) is 0 Å². The summed E-state index contributed by atoms with van der Waals surface area (Å²) in [6.07, 6.45) is 2.67. The van der Waals surface area contributed by atoms with Gasteiger partial charge in [-0.3, -0.25) is 9.48 Å². The van der Waals surface area contributed by atoms with Gasteiger partial charge >= 0.3 is 0 Å². The molecule has 2 heterocycles. The second-order valence-electron chi connectivity index (χ2n) is 5.08. The van der Waals surface area contributed by atoms with Crippen molar-refractivity contribution in [3.8, 4) is 0 Å². The average molecular weight is 279 g/mol. The van der Waals surface area contributed by atoms with Crippen LogP contribution in [0.2, 0.25) is 0 Å². The second-order valence-corrected chi connectivity index (χ2v) is 5.47. The number of hydrogen-bond donors (Lipinski definition) is 2. The Morgan fingerprint density at radius 3 is 3.00 bits per heavy atom. The number of aromatic amines is 1. The van der Waals surface area contributed by atoms with Crippen molar-refractivity contribution in [3.63, 3.8) is 0 Å². The Bertz CT molecular complexity index is 691. The molecule has 0 radical (unpaired) electrons. The van der Waals surface area contributed by atoms with Crippen molar-refractivity contribution < 1.29 is 4.79 Å². The van der Waals surface area contributed by atoms with Crippen LogP contribution in [0.3, 0.4) is 0 Å². The first-order chi connectivity index (χ1) is 9.06. The zero-order valence-corrected chi connectivity index (χ0v) is 11.9. The third-order valence-corrected chi connectivity index (χ3v) is 3.75. The fourth-order valence-corrected chi connectivity index (χ4v) is 2.60. The maximum Gasteiger partial charge on any atom is 0.222 e. The highest BCUT2D eigenvalue weighted by atomic mass is 32.1. The molecule has 0 atom stereocenters. The molecule has 0 unspecified atom stereocenters. The topological polar surface area (TPSA) is 67.6 Å². The van der Waals surface area contributed by atoms with E-state index in [1.54, 1.807) is 4.68 Å². The van der Waals surface area contributed by atoms with Crippen LogP contribution in [0.4, 0.5) is 0 Å². The third-order valence-electron chi connectivity index (χ3n) is 3.43. The molecule has 6 nitrogen and oxygen atoms in total. The number of aryl methyl sites for hydroxylation is 3. The number of fused-ring (bicyclic) bond motifs is 1. The van der Waals surface area contributed by atoms with Gasteiger partial charge in [0.05, 0.1) is 5.69 Å². The van der Waals surface area contributed by atoms with E-state index in [9.17, 15) is 4.79 Å². The van der Waals surface area contributed by atoms with Gasteiger partial charge in [0.25, 0.3) is 0 Å². The first kappa shape index (κ1) is 12.4. The lowest BCUT2D eigenvalue weighted by Crippen LogP contribution is -2.26. The number of rotatable bonds is 4. The van der Waals surface area contributed by atoms with E-state index in [1.807, 2.05) is 18.5 Å². The standard InChI is InChI=1S/C12H17N5OS/c1-7-10-11(16(2)15-7)17(12(19)14-10)6-5-9(18)13-8-3-4-8/h8H,3-6H2,1-2H3,(H,13,18)(H,14,19). The molecule has 0 saturated heterocycles. The van der Waals surface area contributed by atoms with Crippen molar-refractivity contribution in [3.05, 3.63) is 10.5 Å². The van der Waals surface area contributed by atoms with E-state index >= 15 is 0 Å². The molecule has 1 aliphatic rings. The molecule has 2 aromatic rings. The Labute approximate surface area is 115 Å². The van der Waals surface area contributed by atoms with E-state index in [-0.39, 0.29) is 5.91 Å². The van der Waals surface area contributed by atoms with Crippen LogP contribution >= 0.6 is 12.2 Å². The highest BCUT2D eigenvalue weighted by molar-refractivity contribution is 7.71. The lowest BCUT2D eigenvalue weighted by molar-refractivity contribution is -0.121. The minimum atomic E-state index is 0.0950. The van der Waals surface area contributed by atoms with Gasteiger partial charge in [0, 0.05) is 26.1 Å². The highest BCUT2D eigenvalue weighted by Crippen LogP contribution is 2.19. The molecule has 1 saturated carbocycles. The second kappa shape index (κ2) is 4.48. The number of nitrogens with zero attached hydrogens (tertiary/aromatic N) is 3. The van der Waals surface area contributed by atoms with Crippen LogP contribution in [0.1, 0.15) is 25.0 Å². The largest absolute Gasteiger partial charge is 0.353 e. The summed E-state index contributed by atoms with van der Waals surface area (Å²) >= 11 is 5.31. The van der Waals surface area contributed by atoms with Gasteiger partial charge in [-0.1, -0.05) is 0 Å². The Balaban J connectivity index is 1.81. The molecule has 0 bridgehead atoms. The van der Waals surface area contributed by atoms with Gasteiger partial charge < -0.3 is 14.9 Å². The maximum atomic E-state index is 11.7. The smallest absolute Gasteiger partial charge is 0.222 e. The number of carbonyl (C=O) groups is 1. The lowest BCUT2D eigenvalue weighted by Gasteiger charge is -2.05. The fourth-order valence-electron chi connectivity index (χ4n) is 2.32. The summed E-state index contributed by atoms with van der Waals surface area (Å²) in [5.41, 5.74) is 2.82. The minimum Gasteiger partial charge on any atom is -0.353 e. The van der Waals surface area contributed by atoms with Crippen LogP contribution in [-0.2, 0) is 18.4 Å². The number of hydrogen-bond acceptors (Lipinski definition) is 3. The Morgan fingerprint density at radius 2 is 2.32 bits per heavy atom. The first-order valence-electron chi connectivity index (χ1n) is 6.47. The predicted octanol–water partition coefficient (Wildman–Crippen LogP) is 1.41. The van der Waals surface area contributed by atoms with Crippen molar-refractivity contribution in [2.75, 3.05) is 0 Å². The average Bonchev–Trinajstić information content (AvgIpc) is 3.02. The molecular formula is C12H17N5OS. The summed E-state index contributed by atoms with van der Waals surface area (Å²) in [6.45, 7) is 2.52. The van der Waals surface area contributed by atoms with Gasteiger partial charge in [-0.25, -0.2) is 0 Å². The van der Waals surface area contributed by atoms with Crippen LogP contribution < -0.4 is 5.32 Å². The van der Waals surface area contributed by atoms with E-state index < -0.39 is 0 Å². The van der Waals surface area contributed by atoms with Crippen molar-refractivity contribution in [2.45, 2.75) is 38.8 Å². The Hall–Kier alpha value is -1.63. The molecule has 0 aliphatic heterocycles. The van der Waals surface area contributed by atoms with Crippen LogP contribution in [0, 0.1) is 11.7 Å². The van der Waals surface area contributed by atoms with Crippen molar-refractivity contribution >= 4 is 29.3 Å². The molecule has 2 N–H and O–H groups in total. The molecule has 102 valence electrons. The number of nitrogens with one attached hydrogen (secondary N) is 2. The summed E-state index contributed by atoms with van der Waals surface area (Å²) in [5.74, 6) is 0.0950. The number of H-pyrrole nitrogens is 1. The third kappa shape index (κ3) is 2.30. The van der Waals surface area contributed by atoms with Gasteiger partial charge in [0.1, 0.15) is 5.52 Å². The molecule has 0 aromatic carbocycles. The van der Waals surface area contributed by atoms with Crippen LogP contribution in [0.25, 0.3) is 11.2 Å². The van der Waals surface area contributed by atoms with Gasteiger partial charge in [0.15, 0.2) is 10.4 Å². The van der Waals surface area contributed by atoms with Crippen LogP contribution in [0.5, 0.6) is 0 Å². The monoisotopic (exact) mass is 279 g/mol. The molecule has 2 aromatic heterocycles. The van der Waals surface area contributed by atoms with Gasteiger partial charge in [0.2, 0.25) is 5.91 Å². The minimum absolute atomic E-state index is 0.0950. The predicted molar refractivity (Wildman–Crippen MR) is 74.4 cm³/mol. The molecule has 1 aliphatic carbocycles. The molecular weight excluding hydrogens is 262 g/mol. The van der Waals surface area contributed by atoms with E-state index in [4.69, 9.17) is 12.2 Å². The highest BCUT2D eigenvalue weighted by Gasteiger charge is 2.23. The zero-order valence-electron chi connectivity index (χ0n) is 11.1. The summed E-state index contributed by atoms with van der Waals surface area (Å²) < 4.78 is 4.39. The molecule has 3 rings (SSSR count). The molecule has 1 fully saturated rings. The number of amides is 1. The van der Waals surface area contributed by atoms with Gasteiger partial charge in [-0.2, -0.15) is 5.10 Å². The van der Waals surface area contributed by atoms with E-state index in [0.29, 0.717) is 23.8 Å². The quantitative estimate of drug-likeness (QED) is 0.832. The summed E-state index contributed by atoms with van der Waals surface area (Å²) in [4.78, 5) is 14.9. The summed E-state index contributed by atoms with van der Waals surface area (Å²) in [5, 5.41) is 7.34. The first-order valence-corrected chi connectivity index (χ1v) is 6.88. The summed E-state index contributed by atoms with van der Waals surface area (Å²) in [6, 6.07) is 0.408. The van der Waals surface area contributed by atoms with Gasteiger partial charge in [-0.05, 0) is 32.0 Å². The van der Waals surface area contributed by atoms with E-state index in [0.717, 1.165) is 29.7 Å². The van der Waals surface area contributed by atoms with Crippen LogP contribution in [-0.4, -0.2) is 31.3 Å². The Morgan fingerprint density at radius 1 is 1.58 bits per heavy atom. The maximum absolute atomic E-state index is 11.7. The molecule has 19 heavy (non-hydrogen) atoms. The molecule has 7 heteroatoms. The number of aromatic nitrogens is 4.